The number of hydrogen-bond acceptors (Lipinski definition) is 2. The second kappa shape index (κ2) is 2.71. The van der Waals surface area contributed by atoms with Gasteiger partial charge in [0.15, 0.2) is 0 Å². The van der Waals surface area contributed by atoms with E-state index in [1.165, 1.54) is 0 Å². The van der Waals surface area contributed by atoms with E-state index in [0.717, 1.165) is 11.1 Å². The summed E-state index contributed by atoms with van der Waals surface area (Å²) in [6, 6.07) is 7.71. The molecule has 2 heteroatoms. The van der Waals surface area contributed by atoms with E-state index in [1.807, 2.05) is 18.2 Å². The fourth-order valence-electron chi connectivity index (χ4n) is 1.21. The van der Waals surface area contributed by atoms with E-state index >= 15 is 0 Å². The van der Waals surface area contributed by atoms with Crippen LogP contribution < -0.4 is 0 Å². The van der Waals surface area contributed by atoms with E-state index in [0.29, 0.717) is 12.2 Å². The quantitative estimate of drug-likeness (QED) is 0.577. The van der Waals surface area contributed by atoms with Crippen molar-refractivity contribution in [3.8, 4) is 6.07 Å². The molecule has 0 atom stereocenters. The van der Waals surface area contributed by atoms with Crippen LogP contribution in [0.1, 0.15) is 16.7 Å². The van der Waals surface area contributed by atoms with Crippen molar-refractivity contribution in [2.45, 2.75) is 6.61 Å². The molecule has 0 saturated carbocycles. The van der Waals surface area contributed by atoms with E-state index in [2.05, 4.69) is 6.07 Å². The Morgan fingerprint density at radius 3 is 3.17 bits per heavy atom. The molecule has 0 radical (unpaired) electrons. The fraction of sp³-hybridized carbons (Fsp3) is 0.100. The van der Waals surface area contributed by atoms with Crippen molar-refractivity contribution in [3.63, 3.8) is 0 Å². The van der Waals surface area contributed by atoms with Gasteiger partial charge in [-0.15, -0.1) is 0 Å². The summed E-state index contributed by atoms with van der Waals surface area (Å²) in [5.41, 5.74) is 2.91. The molecule has 0 bridgehead atoms. The largest absolute Gasteiger partial charge is 0.496 e. The minimum Gasteiger partial charge on any atom is -0.496 e. The predicted molar refractivity (Wildman–Crippen MR) is 45.0 cm³/mol. The maximum absolute atomic E-state index is 8.63. The monoisotopic (exact) mass is 157 g/mol. The molecular formula is C10H7NO. The predicted octanol–water partition coefficient (Wildman–Crippen LogP) is 2.06. The van der Waals surface area contributed by atoms with Gasteiger partial charge in [0.25, 0.3) is 0 Å². The standard InChI is InChI=1S/C10H7NO/c11-6-8-1-2-10-7-12-4-3-9(10)5-8/h1-5H,7H2. The Kier molecular flexibility index (Phi) is 1.56. The van der Waals surface area contributed by atoms with Crippen LogP contribution in [0, 0.1) is 11.3 Å². The van der Waals surface area contributed by atoms with Crippen molar-refractivity contribution < 1.29 is 4.74 Å². The summed E-state index contributed by atoms with van der Waals surface area (Å²) in [5.74, 6) is 0. The third-order valence-electron chi connectivity index (χ3n) is 1.86. The van der Waals surface area contributed by atoms with Crippen LogP contribution in [0.3, 0.4) is 0 Å². The molecule has 0 amide bonds. The Bertz CT molecular complexity index is 374. The van der Waals surface area contributed by atoms with Gasteiger partial charge in [0.05, 0.1) is 17.9 Å². The highest BCUT2D eigenvalue weighted by Crippen LogP contribution is 2.18. The highest BCUT2D eigenvalue weighted by atomic mass is 16.5. The second-order valence-corrected chi connectivity index (χ2v) is 2.64. The van der Waals surface area contributed by atoms with Crippen LogP contribution in [0.5, 0.6) is 0 Å². The Balaban J connectivity index is 2.53. The molecule has 0 aromatic heterocycles. The molecule has 1 heterocycles. The maximum atomic E-state index is 8.63. The van der Waals surface area contributed by atoms with E-state index in [-0.39, 0.29) is 0 Å². The Hall–Kier alpha value is -1.75. The molecule has 12 heavy (non-hydrogen) atoms. The van der Waals surface area contributed by atoms with Crippen molar-refractivity contribution in [2.24, 2.45) is 0 Å². The lowest BCUT2D eigenvalue weighted by molar-refractivity contribution is 0.234. The van der Waals surface area contributed by atoms with E-state index in [4.69, 9.17) is 10.00 Å². The third kappa shape index (κ3) is 1.06. The first-order chi connectivity index (χ1) is 5.90. The van der Waals surface area contributed by atoms with Crippen LogP contribution in [-0.2, 0) is 11.3 Å². The smallest absolute Gasteiger partial charge is 0.113 e. The average Bonchev–Trinajstić information content (AvgIpc) is 2.17. The first kappa shape index (κ1) is 6.93. The molecule has 0 fully saturated rings. The van der Waals surface area contributed by atoms with Crippen LogP contribution in [0.2, 0.25) is 0 Å². The topological polar surface area (TPSA) is 33.0 Å². The van der Waals surface area contributed by atoms with Crippen molar-refractivity contribution in [1.29, 1.82) is 5.26 Å². The molecule has 0 spiro atoms. The lowest BCUT2D eigenvalue weighted by Crippen LogP contribution is -1.96. The molecule has 0 aliphatic carbocycles. The molecule has 1 aliphatic rings. The summed E-state index contributed by atoms with van der Waals surface area (Å²) in [5, 5.41) is 8.63. The lowest BCUT2D eigenvalue weighted by atomic mass is 10.0. The summed E-state index contributed by atoms with van der Waals surface area (Å²) in [4.78, 5) is 0. The number of ether oxygens (including phenoxy) is 1. The molecule has 1 aromatic carbocycles. The van der Waals surface area contributed by atoms with Gasteiger partial charge in [0.1, 0.15) is 6.61 Å². The normalized spacial score (nSPS) is 12.9. The van der Waals surface area contributed by atoms with Gasteiger partial charge in [0, 0.05) is 0 Å². The van der Waals surface area contributed by atoms with Crippen LogP contribution in [-0.4, -0.2) is 0 Å². The van der Waals surface area contributed by atoms with Gasteiger partial charge in [-0.2, -0.15) is 5.26 Å². The summed E-state index contributed by atoms with van der Waals surface area (Å²) in [7, 11) is 0. The number of hydrogen-bond donors (Lipinski definition) is 0. The molecule has 2 rings (SSSR count). The van der Waals surface area contributed by atoms with Gasteiger partial charge in [-0.05, 0) is 29.3 Å². The summed E-state index contributed by atoms with van der Waals surface area (Å²) < 4.78 is 5.11. The van der Waals surface area contributed by atoms with E-state index in [1.54, 1.807) is 12.3 Å². The number of benzene rings is 1. The molecule has 1 aromatic rings. The van der Waals surface area contributed by atoms with Crippen LogP contribution in [0.15, 0.2) is 24.5 Å². The highest BCUT2D eigenvalue weighted by Gasteiger charge is 2.04. The zero-order valence-electron chi connectivity index (χ0n) is 6.45. The lowest BCUT2D eigenvalue weighted by Gasteiger charge is -2.10. The first-order valence-corrected chi connectivity index (χ1v) is 3.71. The van der Waals surface area contributed by atoms with Gasteiger partial charge < -0.3 is 4.74 Å². The van der Waals surface area contributed by atoms with Gasteiger partial charge in [-0.25, -0.2) is 0 Å². The zero-order valence-corrected chi connectivity index (χ0v) is 6.45. The Morgan fingerprint density at radius 1 is 1.42 bits per heavy atom. The number of fused-ring (bicyclic) bond motifs is 1. The van der Waals surface area contributed by atoms with Crippen molar-refractivity contribution in [2.75, 3.05) is 0 Å². The Labute approximate surface area is 70.7 Å². The van der Waals surface area contributed by atoms with Crippen LogP contribution in [0.4, 0.5) is 0 Å². The summed E-state index contributed by atoms with van der Waals surface area (Å²) in [6.07, 6.45) is 3.53. The minimum atomic E-state index is 0.609. The van der Waals surface area contributed by atoms with Crippen molar-refractivity contribution in [1.82, 2.24) is 0 Å². The van der Waals surface area contributed by atoms with E-state index < -0.39 is 0 Å². The van der Waals surface area contributed by atoms with Gasteiger partial charge >= 0.3 is 0 Å². The average molecular weight is 157 g/mol. The van der Waals surface area contributed by atoms with E-state index in [9.17, 15) is 0 Å². The Morgan fingerprint density at radius 2 is 2.33 bits per heavy atom. The molecule has 0 unspecified atom stereocenters. The SMILES string of the molecule is N#Cc1ccc2c(c1)C=COC2. The van der Waals surface area contributed by atoms with Crippen molar-refractivity contribution >= 4 is 6.08 Å². The molecule has 0 saturated heterocycles. The second-order valence-electron chi connectivity index (χ2n) is 2.64. The fourth-order valence-corrected chi connectivity index (χ4v) is 1.21. The summed E-state index contributed by atoms with van der Waals surface area (Å²) in [6.45, 7) is 0.609. The van der Waals surface area contributed by atoms with Gasteiger partial charge in [0.2, 0.25) is 0 Å². The van der Waals surface area contributed by atoms with Gasteiger partial charge in [-0.1, -0.05) is 6.07 Å². The van der Waals surface area contributed by atoms with Crippen LogP contribution in [0.25, 0.3) is 6.08 Å². The third-order valence-corrected chi connectivity index (χ3v) is 1.86. The van der Waals surface area contributed by atoms with Crippen LogP contribution >= 0.6 is 0 Å². The zero-order chi connectivity index (χ0) is 8.39. The van der Waals surface area contributed by atoms with Gasteiger partial charge in [-0.3, -0.25) is 0 Å². The number of rotatable bonds is 0. The highest BCUT2D eigenvalue weighted by molar-refractivity contribution is 5.57. The first-order valence-electron chi connectivity index (χ1n) is 3.71. The molecule has 1 aliphatic heterocycles. The molecule has 58 valence electrons. The molecule has 0 N–H and O–H groups in total. The summed E-state index contributed by atoms with van der Waals surface area (Å²) >= 11 is 0. The molecule has 2 nitrogen and oxygen atoms in total. The maximum Gasteiger partial charge on any atom is 0.113 e. The number of nitriles is 1. The number of nitrogens with zero attached hydrogens (tertiary/aromatic N) is 1. The molecular weight excluding hydrogens is 150 g/mol. The van der Waals surface area contributed by atoms with Crippen molar-refractivity contribution in [3.05, 3.63) is 41.2 Å². The minimum absolute atomic E-state index is 0.609.